The van der Waals surface area contributed by atoms with Gasteiger partial charge >= 0.3 is 0 Å². The molecule has 1 aromatic heterocycles. The molecule has 2 fully saturated rings. The van der Waals surface area contributed by atoms with Crippen molar-refractivity contribution in [2.24, 2.45) is 0 Å². The maximum absolute atomic E-state index is 4.43. The van der Waals surface area contributed by atoms with Crippen molar-refractivity contribution in [1.29, 1.82) is 0 Å². The van der Waals surface area contributed by atoms with Gasteiger partial charge in [-0.1, -0.05) is 6.42 Å². The Bertz CT molecular complexity index is 352. The van der Waals surface area contributed by atoms with Gasteiger partial charge in [-0.15, -0.1) is 0 Å². The summed E-state index contributed by atoms with van der Waals surface area (Å²) in [7, 11) is 0. The van der Waals surface area contributed by atoms with Gasteiger partial charge in [0.15, 0.2) is 0 Å². The Morgan fingerprint density at radius 2 is 1.94 bits per heavy atom. The lowest BCUT2D eigenvalue weighted by Gasteiger charge is -2.26. The zero-order valence-corrected chi connectivity index (χ0v) is 10.2. The van der Waals surface area contributed by atoms with E-state index in [0.717, 1.165) is 25.0 Å². The van der Waals surface area contributed by atoms with Crippen LogP contribution in [0.25, 0.3) is 0 Å². The highest BCUT2D eigenvalue weighted by Crippen LogP contribution is 2.35. The molecule has 0 aromatic carbocycles. The number of anilines is 1. The molecule has 1 aliphatic heterocycles. The van der Waals surface area contributed by atoms with Gasteiger partial charge in [0.25, 0.3) is 0 Å². The first-order chi connectivity index (χ1) is 8.42. The minimum absolute atomic E-state index is 0.485. The highest BCUT2D eigenvalue weighted by atomic mass is 15.1. The fraction of sp³-hybridized carbons (Fsp3) is 0.692. The lowest BCUT2D eigenvalue weighted by Crippen LogP contribution is -2.38. The summed E-state index contributed by atoms with van der Waals surface area (Å²) >= 11 is 0. The number of aromatic nitrogens is 2. The van der Waals surface area contributed by atoms with E-state index in [9.17, 15) is 0 Å². The number of piperidine rings is 1. The number of nitrogens with zero attached hydrogens (tertiary/aromatic N) is 2. The van der Waals surface area contributed by atoms with Crippen molar-refractivity contribution in [3.63, 3.8) is 0 Å². The molecule has 0 bridgehead atoms. The molecule has 2 heterocycles. The largest absolute Gasteiger partial charge is 0.350 e. The SMILES string of the molecule is c1nc(NC2CCCNC2)ncc1C1CCC1. The third kappa shape index (κ3) is 2.57. The van der Waals surface area contributed by atoms with E-state index < -0.39 is 0 Å². The van der Waals surface area contributed by atoms with Gasteiger partial charge in [-0.3, -0.25) is 0 Å². The van der Waals surface area contributed by atoms with Gasteiger partial charge in [0.05, 0.1) is 0 Å². The first-order valence-corrected chi connectivity index (χ1v) is 6.71. The Kier molecular flexibility index (Phi) is 3.22. The van der Waals surface area contributed by atoms with E-state index in [1.807, 2.05) is 12.4 Å². The molecule has 2 N–H and O–H groups in total. The summed E-state index contributed by atoms with van der Waals surface area (Å²) < 4.78 is 0. The number of hydrogen-bond donors (Lipinski definition) is 2. The fourth-order valence-electron chi connectivity index (χ4n) is 2.52. The molecule has 4 nitrogen and oxygen atoms in total. The van der Waals surface area contributed by atoms with Crippen LogP contribution in [0.5, 0.6) is 0 Å². The first-order valence-electron chi connectivity index (χ1n) is 6.71. The Balaban J connectivity index is 1.59. The van der Waals surface area contributed by atoms with Crippen LogP contribution < -0.4 is 10.6 Å². The van der Waals surface area contributed by atoms with Gasteiger partial charge in [0.2, 0.25) is 5.95 Å². The lowest BCUT2D eigenvalue weighted by molar-refractivity contribution is 0.417. The first kappa shape index (κ1) is 11.0. The van der Waals surface area contributed by atoms with Crippen molar-refractivity contribution >= 4 is 5.95 Å². The molecule has 0 radical (unpaired) electrons. The van der Waals surface area contributed by atoms with Crippen molar-refractivity contribution in [2.45, 2.75) is 44.1 Å². The van der Waals surface area contributed by atoms with E-state index >= 15 is 0 Å². The second-order valence-corrected chi connectivity index (χ2v) is 5.16. The zero-order valence-electron chi connectivity index (χ0n) is 10.2. The van der Waals surface area contributed by atoms with E-state index in [1.54, 1.807) is 0 Å². The molecule has 2 aliphatic rings. The van der Waals surface area contributed by atoms with Gasteiger partial charge < -0.3 is 10.6 Å². The molecule has 1 aromatic rings. The van der Waals surface area contributed by atoms with Crippen LogP contribution in [-0.4, -0.2) is 29.1 Å². The number of hydrogen-bond acceptors (Lipinski definition) is 4. The van der Waals surface area contributed by atoms with Crippen LogP contribution in [0.3, 0.4) is 0 Å². The van der Waals surface area contributed by atoms with Crippen LogP contribution in [-0.2, 0) is 0 Å². The Morgan fingerprint density at radius 3 is 2.53 bits per heavy atom. The van der Waals surface area contributed by atoms with Gasteiger partial charge in [-0.2, -0.15) is 0 Å². The molecule has 1 unspecified atom stereocenters. The van der Waals surface area contributed by atoms with E-state index in [0.29, 0.717) is 6.04 Å². The highest BCUT2D eigenvalue weighted by molar-refractivity contribution is 5.28. The second-order valence-electron chi connectivity index (χ2n) is 5.16. The van der Waals surface area contributed by atoms with E-state index in [-0.39, 0.29) is 0 Å². The van der Waals surface area contributed by atoms with Crippen molar-refractivity contribution in [1.82, 2.24) is 15.3 Å². The Labute approximate surface area is 102 Å². The van der Waals surface area contributed by atoms with E-state index in [2.05, 4.69) is 20.6 Å². The van der Waals surface area contributed by atoms with Crippen molar-refractivity contribution in [3.8, 4) is 0 Å². The molecule has 1 saturated carbocycles. The van der Waals surface area contributed by atoms with Crippen LogP contribution in [0.4, 0.5) is 5.95 Å². The van der Waals surface area contributed by atoms with Crippen molar-refractivity contribution < 1.29 is 0 Å². The van der Waals surface area contributed by atoms with Gasteiger partial charge in [0.1, 0.15) is 0 Å². The van der Waals surface area contributed by atoms with Crippen LogP contribution in [0.2, 0.25) is 0 Å². The third-order valence-electron chi connectivity index (χ3n) is 3.88. The summed E-state index contributed by atoms with van der Waals surface area (Å²) in [4.78, 5) is 8.85. The molecule has 0 amide bonds. The second kappa shape index (κ2) is 5.00. The maximum Gasteiger partial charge on any atom is 0.222 e. The Morgan fingerprint density at radius 1 is 1.12 bits per heavy atom. The molecule has 17 heavy (non-hydrogen) atoms. The topological polar surface area (TPSA) is 49.8 Å². The van der Waals surface area contributed by atoms with Crippen LogP contribution in [0.1, 0.15) is 43.6 Å². The number of rotatable bonds is 3. The predicted octanol–water partition coefficient (Wildman–Crippen LogP) is 1.91. The summed E-state index contributed by atoms with van der Waals surface area (Å²) in [5.74, 6) is 1.50. The average molecular weight is 232 g/mol. The van der Waals surface area contributed by atoms with E-state index in [1.165, 1.54) is 37.7 Å². The standard InChI is InChI=1S/C13H20N4/c1-3-10(4-1)11-7-15-13(16-8-11)17-12-5-2-6-14-9-12/h7-8,10,12,14H,1-6,9H2,(H,15,16,17). The minimum Gasteiger partial charge on any atom is -0.350 e. The molecule has 1 aliphatic carbocycles. The van der Waals surface area contributed by atoms with Crippen LogP contribution in [0, 0.1) is 0 Å². The van der Waals surface area contributed by atoms with Crippen molar-refractivity contribution in [2.75, 3.05) is 18.4 Å². The lowest BCUT2D eigenvalue weighted by atomic mass is 9.81. The van der Waals surface area contributed by atoms with Gasteiger partial charge in [-0.25, -0.2) is 9.97 Å². The summed E-state index contributed by atoms with van der Waals surface area (Å²) in [5.41, 5.74) is 1.31. The molecule has 1 saturated heterocycles. The van der Waals surface area contributed by atoms with Crippen LogP contribution >= 0.6 is 0 Å². The third-order valence-corrected chi connectivity index (χ3v) is 3.88. The van der Waals surface area contributed by atoms with E-state index in [4.69, 9.17) is 0 Å². The quantitative estimate of drug-likeness (QED) is 0.836. The van der Waals surface area contributed by atoms with Gasteiger partial charge in [-0.05, 0) is 43.7 Å². The smallest absolute Gasteiger partial charge is 0.222 e. The summed E-state index contributed by atoms with van der Waals surface area (Å²) in [5, 5.41) is 6.78. The highest BCUT2D eigenvalue weighted by Gasteiger charge is 2.20. The molecule has 0 spiro atoms. The molecule has 4 heteroatoms. The average Bonchev–Trinajstić information content (AvgIpc) is 2.31. The number of nitrogens with one attached hydrogen (secondary N) is 2. The zero-order chi connectivity index (χ0) is 11.5. The summed E-state index contributed by atoms with van der Waals surface area (Å²) in [6.07, 6.45) is 10.4. The summed E-state index contributed by atoms with van der Waals surface area (Å²) in [6, 6.07) is 0.485. The van der Waals surface area contributed by atoms with Crippen molar-refractivity contribution in [3.05, 3.63) is 18.0 Å². The molecular weight excluding hydrogens is 212 g/mol. The maximum atomic E-state index is 4.43. The van der Waals surface area contributed by atoms with Gasteiger partial charge in [0, 0.05) is 25.0 Å². The van der Waals surface area contributed by atoms with Crippen LogP contribution in [0.15, 0.2) is 12.4 Å². The molecule has 1 atom stereocenters. The molecule has 92 valence electrons. The normalized spacial score (nSPS) is 25.3. The molecule has 3 rings (SSSR count). The summed E-state index contributed by atoms with van der Waals surface area (Å²) in [6.45, 7) is 2.16. The minimum atomic E-state index is 0.485. The predicted molar refractivity (Wildman–Crippen MR) is 68.1 cm³/mol. The Hall–Kier alpha value is -1.16. The molecular formula is C13H20N4. The monoisotopic (exact) mass is 232 g/mol. The fourth-order valence-corrected chi connectivity index (χ4v) is 2.52.